The van der Waals surface area contributed by atoms with Gasteiger partial charge in [0.1, 0.15) is 30.1 Å². The Morgan fingerprint density at radius 3 is 2.81 bits per heavy atom. The lowest BCUT2D eigenvalue weighted by molar-refractivity contribution is -0.172. The molecular formula is C22H32F3N9O2. The van der Waals surface area contributed by atoms with E-state index in [1.807, 2.05) is 11.8 Å². The number of aromatic nitrogens is 4. The molecule has 0 spiro atoms. The molecule has 2 aromatic rings. The van der Waals surface area contributed by atoms with Crippen LogP contribution in [0, 0.1) is 5.41 Å². The number of hydrogen-bond donors (Lipinski definition) is 4. The van der Waals surface area contributed by atoms with Gasteiger partial charge in [-0.1, -0.05) is 0 Å². The van der Waals surface area contributed by atoms with Crippen molar-refractivity contribution in [3.8, 4) is 0 Å². The van der Waals surface area contributed by atoms with Crippen molar-refractivity contribution in [2.45, 2.75) is 32.5 Å². The fourth-order valence-corrected chi connectivity index (χ4v) is 3.54. The molecule has 3 rings (SSSR count). The minimum atomic E-state index is -4.41. The van der Waals surface area contributed by atoms with Crippen LogP contribution in [0.2, 0.25) is 0 Å². The molecule has 1 fully saturated rings. The third-order valence-corrected chi connectivity index (χ3v) is 5.18. The number of rotatable bonds is 13. The average molecular weight is 512 g/mol. The van der Waals surface area contributed by atoms with Gasteiger partial charge < -0.3 is 35.7 Å². The first kappa shape index (κ1) is 27.5. The zero-order chi connectivity index (χ0) is 26.0. The maximum absolute atomic E-state index is 12.4. The van der Waals surface area contributed by atoms with Gasteiger partial charge in [-0.3, -0.25) is 0 Å². The van der Waals surface area contributed by atoms with Gasteiger partial charge in [0.15, 0.2) is 5.82 Å². The molecule has 2 aromatic heterocycles. The van der Waals surface area contributed by atoms with Gasteiger partial charge >= 0.3 is 6.18 Å². The first-order chi connectivity index (χ1) is 17.3. The van der Waals surface area contributed by atoms with E-state index in [-0.39, 0.29) is 24.9 Å². The largest absolute Gasteiger partial charge is 0.411 e. The van der Waals surface area contributed by atoms with Gasteiger partial charge in [0.05, 0.1) is 18.9 Å². The number of nitrogens with one attached hydrogen (secondary N) is 4. The van der Waals surface area contributed by atoms with Gasteiger partial charge in [-0.15, -0.1) is 0 Å². The maximum atomic E-state index is 12.4. The summed E-state index contributed by atoms with van der Waals surface area (Å²) in [5.74, 6) is 1.25. The standard InChI is InChI=1S/C22H32F3N9O2/c1-3-35-10-5-16(26)18-19(29-8-11-36-13-22(23,24)25)20(31-17-4-6-27-14-30-17)33-21(32-18)34-9-7-28-15(2)12-34/h4,6,14-15,26,28-29H,3,5,7-13H2,1-2H3,(H,27,30,31,32,33)/t15-/m1/s1. The van der Waals surface area contributed by atoms with E-state index in [0.717, 1.165) is 6.54 Å². The molecule has 1 atom stereocenters. The Labute approximate surface area is 207 Å². The lowest BCUT2D eigenvalue weighted by atomic mass is 10.1. The zero-order valence-electron chi connectivity index (χ0n) is 20.4. The second-order valence-corrected chi connectivity index (χ2v) is 8.14. The van der Waals surface area contributed by atoms with E-state index in [0.29, 0.717) is 61.7 Å². The molecule has 0 aromatic carbocycles. The minimum absolute atomic E-state index is 0.0493. The molecule has 0 amide bonds. The Hall–Kier alpha value is -3.10. The minimum Gasteiger partial charge on any atom is -0.381 e. The summed E-state index contributed by atoms with van der Waals surface area (Å²) in [5.41, 5.74) is 0.913. The molecule has 3 heterocycles. The monoisotopic (exact) mass is 511 g/mol. The van der Waals surface area contributed by atoms with E-state index in [1.165, 1.54) is 6.33 Å². The third-order valence-electron chi connectivity index (χ3n) is 5.18. The van der Waals surface area contributed by atoms with E-state index in [2.05, 4.69) is 32.8 Å². The van der Waals surface area contributed by atoms with Crippen molar-refractivity contribution in [2.75, 3.05) is 68.1 Å². The number of hydrogen-bond acceptors (Lipinski definition) is 11. The lowest BCUT2D eigenvalue weighted by Crippen LogP contribution is -2.50. The summed E-state index contributed by atoms with van der Waals surface area (Å²) in [7, 11) is 0. The summed E-state index contributed by atoms with van der Waals surface area (Å²) in [6.07, 6.45) is -1.16. The molecule has 1 aliphatic rings. The molecule has 1 saturated heterocycles. The predicted octanol–water partition coefficient (Wildman–Crippen LogP) is 2.59. The van der Waals surface area contributed by atoms with Crippen molar-refractivity contribution in [3.05, 3.63) is 24.3 Å². The summed E-state index contributed by atoms with van der Waals surface area (Å²) in [4.78, 5) is 19.5. The van der Waals surface area contributed by atoms with E-state index in [4.69, 9.17) is 24.9 Å². The highest BCUT2D eigenvalue weighted by Crippen LogP contribution is 2.30. The number of piperazine rings is 1. The average Bonchev–Trinajstić information content (AvgIpc) is 2.84. The zero-order valence-corrected chi connectivity index (χ0v) is 20.4. The van der Waals surface area contributed by atoms with Crippen molar-refractivity contribution >= 4 is 29.0 Å². The lowest BCUT2D eigenvalue weighted by Gasteiger charge is -2.32. The van der Waals surface area contributed by atoms with Gasteiger partial charge in [0.25, 0.3) is 0 Å². The summed E-state index contributed by atoms with van der Waals surface area (Å²) < 4.78 is 47.5. The van der Waals surface area contributed by atoms with Crippen LogP contribution < -0.4 is 20.9 Å². The summed E-state index contributed by atoms with van der Waals surface area (Å²) >= 11 is 0. The van der Waals surface area contributed by atoms with Gasteiger partial charge in [-0.05, 0) is 19.9 Å². The number of alkyl halides is 3. The first-order valence-electron chi connectivity index (χ1n) is 11.7. The Balaban J connectivity index is 1.93. The Morgan fingerprint density at radius 2 is 2.11 bits per heavy atom. The molecule has 0 saturated carbocycles. The Kier molecular flexibility index (Phi) is 10.1. The van der Waals surface area contributed by atoms with Crippen LogP contribution in [0.15, 0.2) is 18.6 Å². The molecule has 4 N–H and O–H groups in total. The molecule has 11 nitrogen and oxygen atoms in total. The third kappa shape index (κ3) is 8.53. The van der Waals surface area contributed by atoms with Crippen molar-refractivity contribution in [1.29, 1.82) is 5.41 Å². The molecule has 14 heteroatoms. The molecule has 36 heavy (non-hydrogen) atoms. The van der Waals surface area contributed by atoms with Crippen molar-refractivity contribution in [2.24, 2.45) is 0 Å². The number of nitrogens with zero attached hydrogens (tertiary/aromatic N) is 5. The normalized spacial score (nSPS) is 16.1. The molecule has 1 aliphatic heterocycles. The Morgan fingerprint density at radius 1 is 1.28 bits per heavy atom. The quantitative estimate of drug-likeness (QED) is 0.235. The SMILES string of the molecule is CCOCCC(=N)c1nc(N2CCN[C@H](C)C2)nc(Nc2ccncn2)c1NCCOCC(F)(F)F. The molecule has 0 radical (unpaired) electrons. The first-order valence-corrected chi connectivity index (χ1v) is 11.7. The molecule has 0 unspecified atom stereocenters. The summed E-state index contributed by atoms with van der Waals surface area (Å²) in [5, 5.41) is 18.3. The van der Waals surface area contributed by atoms with Crippen LogP contribution in [0.25, 0.3) is 0 Å². The van der Waals surface area contributed by atoms with Crippen molar-refractivity contribution in [3.63, 3.8) is 0 Å². The van der Waals surface area contributed by atoms with Crippen molar-refractivity contribution in [1.82, 2.24) is 25.3 Å². The van der Waals surface area contributed by atoms with Crippen LogP contribution in [0.1, 0.15) is 26.0 Å². The smallest absolute Gasteiger partial charge is 0.381 e. The number of ether oxygens (including phenoxy) is 2. The highest BCUT2D eigenvalue weighted by atomic mass is 19.4. The van der Waals surface area contributed by atoms with E-state index >= 15 is 0 Å². The van der Waals surface area contributed by atoms with Gasteiger partial charge in [0.2, 0.25) is 5.95 Å². The van der Waals surface area contributed by atoms with Gasteiger partial charge in [0, 0.05) is 51.4 Å². The van der Waals surface area contributed by atoms with Crippen LogP contribution in [-0.2, 0) is 9.47 Å². The van der Waals surface area contributed by atoms with Crippen molar-refractivity contribution < 1.29 is 22.6 Å². The number of halogens is 3. The van der Waals surface area contributed by atoms with Crippen LogP contribution in [0.4, 0.5) is 36.4 Å². The van der Waals surface area contributed by atoms with Crippen LogP contribution in [-0.4, -0.2) is 90.5 Å². The van der Waals surface area contributed by atoms with Crippen LogP contribution >= 0.6 is 0 Å². The van der Waals surface area contributed by atoms with E-state index in [1.54, 1.807) is 12.3 Å². The fourth-order valence-electron chi connectivity index (χ4n) is 3.54. The van der Waals surface area contributed by atoms with E-state index < -0.39 is 12.8 Å². The molecular weight excluding hydrogens is 479 g/mol. The number of anilines is 4. The topological polar surface area (TPSA) is 133 Å². The van der Waals surface area contributed by atoms with Crippen LogP contribution in [0.3, 0.4) is 0 Å². The molecule has 0 bridgehead atoms. The van der Waals surface area contributed by atoms with Gasteiger partial charge in [-0.25, -0.2) is 15.0 Å². The second-order valence-electron chi connectivity index (χ2n) is 8.14. The maximum Gasteiger partial charge on any atom is 0.411 e. The Bertz CT molecular complexity index is 979. The summed E-state index contributed by atoms with van der Waals surface area (Å²) in [6, 6.07) is 1.88. The highest BCUT2D eigenvalue weighted by molar-refractivity contribution is 6.03. The predicted molar refractivity (Wildman–Crippen MR) is 130 cm³/mol. The molecule has 0 aliphatic carbocycles. The summed E-state index contributed by atoms with van der Waals surface area (Å²) in [6.45, 7) is 5.41. The second kappa shape index (κ2) is 13.3. The van der Waals surface area contributed by atoms with Crippen LogP contribution in [0.5, 0.6) is 0 Å². The molecule has 198 valence electrons. The highest BCUT2D eigenvalue weighted by Gasteiger charge is 2.27. The fraction of sp³-hybridized carbons (Fsp3) is 0.591. The van der Waals surface area contributed by atoms with E-state index in [9.17, 15) is 13.2 Å². The van der Waals surface area contributed by atoms with Gasteiger partial charge in [-0.2, -0.15) is 18.2 Å².